The van der Waals surface area contributed by atoms with Crippen LogP contribution in [0.15, 0.2) is 51.7 Å². The molecule has 0 aliphatic carbocycles. The largest absolute Gasteiger partial charge is 0.420 e. The van der Waals surface area contributed by atoms with Crippen molar-refractivity contribution in [2.24, 2.45) is 0 Å². The second-order valence-electron chi connectivity index (χ2n) is 6.72. The number of rotatable bonds is 3. The molecule has 7 heteroatoms. The molecular formula is C20H20ClN3O3. The van der Waals surface area contributed by atoms with Gasteiger partial charge in [0.2, 0.25) is 5.91 Å². The zero-order chi connectivity index (χ0) is 19.0. The van der Waals surface area contributed by atoms with Gasteiger partial charge >= 0.3 is 5.76 Å². The van der Waals surface area contributed by atoms with Gasteiger partial charge in [0.1, 0.15) is 6.54 Å². The van der Waals surface area contributed by atoms with Crippen molar-refractivity contribution >= 4 is 34.3 Å². The third-order valence-electron chi connectivity index (χ3n) is 5.01. The number of anilines is 1. The molecule has 1 aliphatic heterocycles. The van der Waals surface area contributed by atoms with Gasteiger partial charge in [0, 0.05) is 36.9 Å². The Labute approximate surface area is 161 Å². The molecule has 1 saturated heterocycles. The highest BCUT2D eigenvalue weighted by atomic mass is 35.5. The second kappa shape index (κ2) is 7.12. The number of hydrogen-bond acceptors (Lipinski definition) is 4. The smallest absolute Gasteiger partial charge is 0.408 e. The summed E-state index contributed by atoms with van der Waals surface area (Å²) in [5, 5.41) is 0.709. The minimum atomic E-state index is -0.502. The van der Waals surface area contributed by atoms with Crippen molar-refractivity contribution in [3.63, 3.8) is 0 Å². The molecule has 0 radical (unpaired) electrons. The number of amides is 1. The number of para-hydroxylation sites is 2. The number of hydrogen-bond donors (Lipinski definition) is 0. The van der Waals surface area contributed by atoms with Crippen LogP contribution in [0.3, 0.4) is 0 Å². The Morgan fingerprint density at radius 3 is 2.63 bits per heavy atom. The summed E-state index contributed by atoms with van der Waals surface area (Å²) in [5.74, 6) is -0.580. The van der Waals surface area contributed by atoms with Crippen LogP contribution < -0.4 is 10.7 Å². The molecule has 0 unspecified atom stereocenters. The van der Waals surface area contributed by atoms with Gasteiger partial charge in [-0.3, -0.25) is 9.36 Å². The molecule has 4 rings (SSSR count). The van der Waals surface area contributed by atoms with Gasteiger partial charge in [-0.1, -0.05) is 29.8 Å². The molecule has 1 amide bonds. The molecule has 6 nitrogen and oxygen atoms in total. The molecule has 1 aliphatic rings. The number of halogens is 1. The van der Waals surface area contributed by atoms with Crippen LogP contribution >= 0.6 is 11.6 Å². The lowest BCUT2D eigenvalue weighted by Gasteiger charge is -2.37. The number of carbonyl (C=O) groups is 1. The van der Waals surface area contributed by atoms with Crippen molar-refractivity contribution in [3.8, 4) is 0 Å². The average molecular weight is 386 g/mol. The summed E-state index contributed by atoms with van der Waals surface area (Å²) in [7, 11) is 0. The lowest BCUT2D eigenvalue weighted by Crippen LogP contribution is -2.50. The first-order chi connectivity index (χ1) is 13.0. The van der Waals surface area contributed by atoms with E-state index in [1.165, 1.54) is 4.57 Å². The van der Waals surface area contributed by atoms with Crippen molar-refractivity contribution in [1.29, 1.82) is 0 Å². The summed E-state index contributed by atoms with van der Waals surface area (Å²) in [6, 6.07) is 13.0. The first-order valence-electron chi connectivity index (χ1n) is 8.90. The van der Waals surface area contributed by atoms with Crippen molar-refractivity contribution in [1.82, 2.24) is 9.47 Å². The number of benzene rings is 2. The van der Waals surface area contributed by atoms with Gasteiger partial charge in [-0.15, -0.1) is 0 Å². The monoisotopic (exact) mass is 385 g/mol. The molecule has 1 aromatic heterocycles. The second-order valence-corrected chi connectivity index (χ2v) is 7.16. The number of fused-ring (bicyclic) bond motifs is 1. The number of aromatic nitrogens is 1. The maximum Gasteiger partial charge on any atom is 0.420 e. The molecule has 0 N–H and O–H groups in total. The number of nitrogens with zero attached hydrogens (tertiary/aromatic N) is 3. The predicted molar refractivity (Wildman–Crippen MR) is 105 cm³/mol. The summed E-state index contributed by atoms with van der Waals surface area (Å²) in [5.41, 5.74) is 3.41. The highest BCUT2D eigenvalue weighted by Gasteiger charge is 2.23. The van der Waals surface area contributed by atoms with Crippen LogP contribution in [0.4, 0.5) is 5.69 Å². The van der Waals surface area contributed by atoms with E-state index < -0.39 is 5.76 Å². The van der Waals surface area contributed by atoms with Crippen molar-refractivity contribution in [2.75, 3.05) is 31.1 Å². The predicted octanol–water partition coefficient (Wildman–Crippen LogP) is 2.91. The Kier molecular flexibility index (Phi) is 4.66. The van der Waals surface area contributed by atoms with Crippen molar-refractivity contribution in [3.05, 3.63) is 63.6 Å². The lowest BCUT2D eigenvalue weighted by atomic mass is 10.1. The van der Waals surface area contributed by atoms with E-state index in [9.17, 15) is 9.59 Å². The Morgan fingerprint density at radius 2 is 1.85 bits per heavy atom. The number of carbonyl (C=O) groups excluding carboxylic acids is 1. The maximum absolute atomic E-state index is 12.7. The zero-order valence-electron chi connectivity index (χ0n) is 15.0. The van der Waals surface area contributed by atoms with Crippen LogP contribution in [0.5, 0.6) is 0 Å². The molecular weight excluding hydrogens is 366 g/mol. The fourth-order valence-corrected chi connectivity index (χ4v) is 3.69. The Hall–Kier alpha value is -2.73. The summed E-state index contributed by atoms with van der Waals surface area (Å²) in [4.78, 5) is 28.8. The Morgan fingerprint density at radius 1 is 1.11 bits per heavy atom. The van der Waals surface area contributed by atoms with Crippen LogP contribution in [0.1, 0.15) is 5.56 Å². The molecule has 0 saturated carbocycles. The van der Waals surface area contributed by atoms with Crippen LogP contribution in [0.2, 0.25) is 5.02 Å². The fraction of sp³-hybridized carbons (Fsp3) is 0.300. The number of aryl methyl sites for hydroxylation is 1. The number of oxazole rings is 1. The minimum Gasteiger partial charge on any atom is -0.408 e. The molecule has 0 bridgehead atoms. The Balaban J connectivity index is 1.45. The SMILES string of the molecule is Cc1ccc(Cl)cc1N1CCN(C(=O)Cn2c(=O)oc3ccccc32)CC1. The fourth-order valence-electron chi connectivity index (χ4n) is 3.52. The summed E-state index contributed by atoms with van der Waals surface area (Å²) >= 11 is 6.12. The molecule has 0 atom stereocenters. The highest BCUT2D eigenvalue weighted by Crippen LogP contribution is 2.25. The Bertz CT molecular complexity index is 1050. The quantitative estimate of drug-likeness (QED) is 0.695. The summed E-state index contributed by atoms with van der Waals surface area (Å²) in [6.45, 7) is 4.72. The molecule has 2 aromatic carbocycles. The van der Waals surface area contributed by atoms with E-state index in [0.29, 0.717) is 29.2 Å². The standard InChI is InChI=1S/C20H20ClN3O3/c1-14-6-7-15(21)12-17(14)22-8-10-23(11-9-22)19(25)13-24-16-4-2-3-5-18(16)27-20(24)26/h2-7,12H,8-11,13H2,1H3. The van der Waals surface area contributed by atoms with Crippen LogP contribution in [0.25, 0.3) is 11.1 Å². The minimum absolute atomic E-state index is 0.00790. The van der Waals surface area contributed by atoms with Gasteiger partial charge in [0.25, 0.3) is 0 Å². The normalized spacial score (nSPS) is 14.7. The molecule has 140 valence electrons. The van der Waals surface area contributed by atoms with Gasteiger partial charge in [-0.05, 0) is 36.8 Å². The summed E-state index contributed by atoms with van der Waals surface area (Å²) in [6.07, 6.45) is 0. The van der Waals surface area contributed by atoms with E-state index >= 15 is 0 Å². The van der Waals surface area contributed by atoms with Crippen LogP contribution in [-0.2, 0) is 11.3 Å². The number of piperazine rings is 1. The maximum atomic E-state index is 12.7. The van der Waals surface area contributed by atoms with E-state index in [4.69, 9.17) is 16.0 Å². The third kappa shape index (κ3) is 3.45. The molecule has 3 aromatic rings. The lowest BCUT2D eigenvalue weighted by molar-refractivity contribution is -0.132. The third-order valence-corrected chi connectivity index (χ3v) is 5.25. The van der Waals surface area contributed by atoms with Gasteiger partial charge in [-0.25, -0.2) is 4.79 Å². The first kappa shape index (κ1) is 17.7. The molecule has 1 fully saturated rings. The average Bonchev–Trinajstić information content (AvgIpc) is 2.99. The molecule has 27 heavy (non-hydrogen) atoms. The van der Waals surface area contributed by atoms with E-state index in [0.717, 1.165) is 24.3 Å². The van der Waals surface area contributed by atoms with E-state index in [1.807, 2.05) is 24.3 Å². The van der Waals surface area contributed by atoms with E-state index in [1.54, 1.807) is 23.1 Å². The van der Waals surface area contributed by atoms with Crippen molar-refractivity contribution in [2.45, 2.75) is 13.5 Å². The van der Waals surface area contributed by atoms with Gasteiger partial charge in [0.15, 0.2) is 5.58 Å². The van der Waals surface area contributed by atoms with Gasteiger partial charge in [0.05, 0.1) is 5.52 Å². The van der Waals surface area contributed by atoms with Gasteiger partial charge in [-0.2, -0.15) is 0 Å². The molecule has 2 heterocycles. The van der Waals surface area contributed by atoms with E-state index in [-0.39, 0.29) is 12.5 Å². The first-order valence-corrected chi connectivity index (χ1v) is 9.28. The zero-order valence-corrected chi connectivity index (χ0v) is 15.8. The van der Waals surface area contributed by atoms with Gasteiger partial charge < -0.3 is 14.2 Å². The highest BCUT2D eigenvalue weighted by molar-refractivity contribution is 6.30. The summed E-state index contributed by atoms with van der Waals surface area (Å²) < 4.78 is 6.60. The van der Waals surface area contributed by atoms with Crippen molar-refractivity contribution < 1.29 is 9.21 Å². The topological polar surface area (TPSA) is 58.7 Å². The van der Waals surface area contributed by atoms with E-state index in [2.05, 4.69) is 11.8 Å². The van der Waals surface area contributed by atoms with Crippen LogP contribution in [-0.4, -0.2) is 41.6 Å². The molecule has 0 spiro atoms. The van der Waals surface area contributed by atoms with Crippen LogP contribution in [0, 0.1) is 6.92 Å².